The van der Waals surface area contributed by atoms with Crippen molar-refractivity contribution in [2.75, 3.05) is 18.9 Å². The third kappa shape index (κ3) is 2.94. The van der Waals surface area contributed by atoms with Gasteiger partial charge >= 0.3 is 6.03 Å². The lowest BCUT2D eigenvalue weighted by atomic mass is 10.2. The number of hydrogen-bond donors (Lipinski definition) is 1. The predicted molar refractivity (Wildman–Crippen MR) is 58.5 cm³/mol. The minimum Gasteiger partial charge on any atom is -0.328 e. The van der Waals surface area contributed by atoms with E-state index in [1.807, 2.05) is 6.92 Å². The van der Waals surface area contributed by atoms with Crippen LogP contribution in [0.4, 0.5) is 14.9 Å². The van der Waals surface area contributed by atoms with Gasteiger partial charge in [0.15, 0.2) is 0 Å². The SMILES string of the molecule is CCN(C)C(=O)Nc1ccc(C)cc1F. The van der Waals surface area contributed by atoms with Gasteiger partial charge in [0.05, 0.1) is 5.69 Å². The van der Waals surface area contributed by atoms with E-state index in [-0.39, 0.29) is 11.7 Å². The second-order valence-corrected chi connectivity index (χ2v) is 3.43. The van der Waals surface area contributed by atoms with Crippen molar-refractivity contribution in [3.05, 3.63) is 29.6 Å². The summed E-state index contributed by atoms with van der Waals surface area (Å²) < 4.78 is 13.3. The third-order valence-corrected chi connectivity index (χ3v) is 2.19. The Hall–Kier alpha value is -1.58. The number of hydrogen-bond acceptors (Lipinski definition) is 1. The van der Waals surface area contributed by atoms with E-state index in [0.717, 1.165) is 5.56 Å². The molecule has 0 unspecified atom stereocenters. The molecule has 0 radical (unpaired) electrons. The first kappa shape index (κ1) is 11.5. The van der Waals surface area contributed by atoms with Crippen LogP contribution < -0.4 is 5.32 Å². The van der Waals surface area contributed by atoms with Crippen LogP contribution in [0.2, 0.25) is 0 Å². The van der Waals surface area contributed by atoms with Gasteiger partial charge < -0.3 is 10.2 Å². The zero-order chi connectivity index (χ0) is 11.4. The summed E-state index contributed by atoms with van der Waals surface area (Å²) in [6.45, 7) is 4.23. The molecule has 0 aliphatic carbocycles. The van der Waals surface area contributed by atoms with Gasteiger partial charge in [-0.25, -0.2) is 9.18 Å². The topological polar surface area (TPSA) is 32.3 Å². The zero-order valence-corrected chi connectivity index (χ0v) is 9.17. The van der Waals surface area contributed by atoms with Gasteiger partial charge in [-0.1, -0.05) is 6.07 Å². The van der Waals surface area contributed by atoms with Crippen molar-refractivity contribution in [1.29, 1.82) is 0 Å². The number of amides is 2. The third-order valence-electron chi connectivity index (χ3n) is 2.19. The Labute approximate surface area is 88.9 Å². The highest BCUT2D eigenvalue weighted by molar-refractivity contribution is 5.89. The van der Waals surface area contributed by atoms with E-state index >= 15 is 0 Å². The fourth-order valence-corrected chi connectivity index (χ4v) is 1.08. The van der Waals surface area contributed by atoms with Crippen LogP contribution in [0.25, 0.3) is 0 Å². The largest absolute Gasteiger partial charge is 0.328 e. The molecule has 0 atom stereocenters. The fraction of sp³-hybridized carbons (Fsp3) is 0.364. The summed E-state index contributed by atoms with van der Waals surface area (Å²) in [5, 5.41) is 2.50. The molecule has 3 nitrogen and oxygen atoms in total. The molecule has 1 rings (SSSR count). The van der Waals surface area contributed by atoms with Crippen molar-refractivity contribution in [3.8, 4) is 0 Å². The van der Waals surface area contributed by atoms with Crippen molar-refractivity contribution in [1.82, 2.24) is 4.90 Å². The van der Waals surface area contributed by atoms with Gasteiger partial charge in [-0.15, -0.1) is 0 Å². The number of aryl methyl sites for hydroxylation is 1. The number of anilines is 1. The second-order valence-electron chi connectivity index (χ2n) is 3.43. The summed E-state index contributed by atoms with van der Waals surface area (Å²) in [4.78, 5) is 12.9. The van der Waals surface area contributed by atoms with E-state index in [0.29, 0.717) is 6.54 Å². The zero-order valence-electron chi connectivity index (χ0n) is 9.17. The minimum absolute atomic E-state index is 0.214. The van der Waals surface area contributed by atoms with Crippen molar-refractivity contribution < 1.29 is 9.18 Å². The molecule has 0 spiro atoms. The number of urea groups is 1. The number of benzene rings is 1. The number of carbonyl (C=O) groups excluding carboxylic acids is 1. The Bertz CT molecular complexity index is 366. The Balaban J connectivity index is 2.77. The average Bonchev–Trinajstić information content (AvgIpc) is 2.20. The quantitative estimate of drug-likeness (QED) is 0.799. The van der Waals surface area contributed by atoms with Crippen LogP contribution in [0.1, 0.15) is 12.5 Å². The molecule has 1 aromatic carbocycles. The van der Waals surface area contributed by atoms with Gasteiger partial charge in [-0.2, -0.15) is 0 Å². The first-order valence-corrected chi connectivity index (χ1v) is 4.83. The van der Waals surface area contributed by atoms with Crippen LogP contribution in [0.15, 0.2) is 18.2 Å². The maximum absolute atomic E-state index is 13.3. The number of nitrogens with one attached hydrogen (secondary N) is 1. The molecule has 0 fully saturated rings. The Kier molecular flexibility index (Phi) is 3.66. The lowest BCUT2D eigenvalue weighted by molar-refractivity contribution is 0.224. The number of rotatable bonds is 2. The molecule has 0 saturated heterocycles. The average molecular weight is 210 g/mol. The number of carbonyl (C=O) groups is 1. The monoisotopic (exact) mass is 210 g/mol. The maximum atomic E-state index is 13.3. The normalized spacial score (nSPS) is 9.87. The number of halogens is 1. The van der Waals surface area contributed by atoms with E-state index in [1.165, 1.54) is 11.0 Å². The molecule has 1 aromatic rings. The molecule has 0 saturated carbocycles. The van der Waals surface area contributed by atoms with E-state index in [4.69, 9.17) is 0 Å². The number of nitrogens with zero attached hydrogens (tertiary/aromatic N) is 1. The van der Waals surface area contributed by atoms with Crippen molar-refractivity contribution in [2.45, 2.75) is 13.8 Å². The maximum Gasteiger partial charge on any atom is 0.321 e. The van der Waals surface area contributed by atoms with Gasteiger partial charge in [0.2, 0.25) is 0 Å². The van der Waals surface area contributed by atoms with Crippen LogP contribution in [-0.4, -0.2) is 24.5 Å². The van der Waals surface area contributed by atoms with Crippen LogP contribution in [0.3, 0.4) is 0 Å². The van der Waals surface area contributed by atoms with Gasteiger partial charge in [0, 0.05) is 13.6 Å². The van der Waals surface area contributed by atoms with E-state index in [9.17, 15) is 9.18 Å². The van der Waals surface area contributed by atoms with Gasteiger partial charge in [-0.05, 0) is 31.5 Å². The van der Waals surface area contributed by atoms with Gasteiger partial charge in [0.1, 0.15) is 5.82 Å². The molecule has 0 heterocycles. The molecule has 15 heavy (non-hydrogen) atoms. The van der Waals surface area contributed by atoms with E-state index in [2.05, 4.69) is 5.32 Å². The lowest BCUT2D eigenvalue weighted by Gasteiger charge is -2.15. The molecule has 4 heteroatoms. The van der Waals surface area contributed by atoms with Crippen molar-refractivity contribution >= 4 is 11.7 Å². The molecule has 0 bridgehead atoms. The second kappa shape index (κ2) is 4.77. The predicted octanol–water partition coefficient (Wildman–Crippen LogP) is 2.62. The molecule has 0 aliphatic rings. The summed E-state index contributed by atoms with van der Waals surface area (Å²) in [5.74, 6) is -0.409. The minimum atomic E-state index is -0.409. The summed E-state index contributed by atoms with van der Waals surface area (Å²) in [6, 6.07) is 4.40. The highest BCUT2D eigenvalue weighted by atomic mass is 19.1. The first-order chi connectivity index (χ1) is 7.04. The lowest BCUT2D eigenvalue weighted by Crippen LogP contribution is -2.31. The van der Waals surface area contributed by atoms with Crippen LogP contribution in [-0.2, 0) is 0 Å². The Morgan fingerprint density at radius 3 is 2.73 bits per heavy atom. The molecule has 1 N–H and O–H groups in total. The molecule has 0 aliphatic heterocycles. The molecular formula is C11H15FN2O. The van der Waals surface area contributed by atoms with Crippen molar-refractivity contribution in [2.24, 2.45) is 0 Å². The summed E-state index contributed by atoms with van der Waals surface area (Å²) in [6.07, 6.45) is 0. The van der Waals surface area contributed by atoms with Crippen LogP contribution >= 0.6 is 0 Å². The van der Waals surface area contributed by atoms with Crippen molar-refractivity contribution in [3.63, 3.8) is 0 Å². The molecule has 0 aromatic heterocycles. The summed E-state index contributed by atoms with van der Waals surface area (Å²) in [7, 11) is 1.65. The standard InChI is InChI=1S/C11H15FN2O/c1-4-14(3)11(15)13-10-6-5-8(2)7-9(10)12/h5-7H,4H2,1-3H3,(H,13,15). The summed E-state index contributed by atoms with van der Waals surface area (Å²) in [5.41, 5.74) is 1.04. The Morgan fingerprint density at radius 2 is 2.20 bits per heavy atom. The molecular weight excluding hydrogens is 195 g/mol. The highest BCUT2D eigenvalue weighted by Crippen LogP contribution is 2.15. The van der Waals surface area contributed by atoms with Crippen LogP contribution in [0.5, 0.6) is 0 Å². The smallest absolute Gasteiger partial charge is 0.321 e. The molecule has 82 valence electrons. The van der Waals surface area contributed by atoms with E-state index in [1.54, 1.807) is 26.1 Å². The Morgan fingerprint density at radius 1 is 1.53 bits per heavy atom. The highest BCUT2D eigenvalue weighted by Gasteiger charge is 2.09. The molecule has 2 amide bonds. The van der Waals surface area contributed by atoms with Crippen LogP contribution in [0, 0.1) is 12.7 Å². The van der Waals surface area contributed by atoms with Gasteiger partial charge in [-0.3, -0.25) is 0 Å². The fourth-order valence-electron chi connectivity index (χ4n) is 1.08. The van der Waals surface area contributed by atoms with Gasteiger partial charge in [0.25, 0.3) is 0 Å². The first-order valence-electron chi connectivity index (χ1n) is 4.83. The summed E-state index contributed by atoms with van der Waals surface area (Å²) >= 11 is 0. The van der Waals surface area contributed by atoms with E-state index < -0.39 is 5.82 Å².